The average Bonchev–Trinajstić information content (AvgIpc) is 2.30. The van der Waals surface area contributed by atoms with Gasteiger partial charge in [-0.3, -0.25) is 4.79 Å². The zero-order chi connectivity index (χ0) is 12.9. The maximum absolute atomic E-state index is 12.0. The maximum Gasteiger partial charge on any atom is 0.188 e. The summed E-state index contributed by atoms with van der Waals surface area (Å²) in [7, 11) is 0. The second kappa shape index (κ2) is 3.84. The van der Waals surface area contributed by atoms with E-state index in [1.54, 1.807) is 6.07 Å². The molecule has 1 heterocycles. The highest BCUT2D eigenvalue weighted by molar-refractivity contribution is 5.69. The van der Waals surface area contributed by atoms with E-state index in [-0.39, 0.29) is 5.43 Å². The van der Waals surface area contributed by atoms with E-state index in [0.29, 0.717) is 5.76 Å². The molecule has 0 spiro atoms. The molecule has 1 aromatic carbocycles. The van der Waals surface area contributed by atoms with Gasteiger partial charge in [0.05, 0.1) is 0 Å². The minimum absolute atomic E-state index is 0.109. The van der Waals surface area contributed by atoms with Crippen LogP contribution < -0.4 is 5.43 Å². The second-order valence-corrected chi connectivity index (χ2v) is 5.12. The van der Waals surface area contributed by atoms with Crippen LogP contribution in [0.4, 0.5) is 0 Å². The fraction of sp³-hybridized carbons (Fsp3) is 0.312. The van der Waals surface area contributed by atoms with Crippen LogP contribution >= 0.6 is 0 Å². The summed E-state index contributed by atoms with van der Waals surface area (Å²) in [4.78, 5) is 12.0. The van der Waals surface area contributed by atoms with Crippen LogP contribution in [0.25, 0.3) is 11.3 Å². The lowest BCUT2D eigenvalue weighted by Crippen LogP contribution is -2.16. The summed E-state index contributed by atoms with van der Waals surface area (Å²) < 4.78 is 5.80. The summed E-state index contributed by atoms with van der Waals surface area (Å²) in [6, 6.07) is 5.95. The first-order chi connectivity index (χ1) is 8.56. The van der Waals surface area contributed by atoms with Crippen molar-refractivity contribution in [3.8, 4) is 11.3 Å². The van der Waals surface area contributed by atoms with E-state index in [9.17, 15) is 4.79 Å². The Labute approximate surface area is 106 Å². The highest BCUT2D eigenvalue weighted by Gasteiger charge is 2.21. The third kappa shape index (κ3) is 1.60. The van der Waals surface area contributed by atoms with Crippen molar-refractivity contribution in [3.05, 3.63) is 56.4 Å². The van der Waals surface area contributed by atoms with Crippen molar-refractivity contribution in [1.29, 1.82) is 0 Å². The molecule has 0 unspecified atom stereocenters. The predicted octanol–water partition coefficient (Wildman–Crippen LogP) is 3.33. The Morgan fingerprint density at radius 3 is 2.50 bits per heavy atom. The van der Waals surface area contributed by atoms with Crippen LogP contribution in [0.3, 0.4) is 0 Å². The van der Waals surface area contributed by atoms with Gasteiger partial charge in [0.25, 0.3) is 0 Å². The molecule has 1 aliphatic carbocycles. The fourth-order valence-corrected chi connectivity index (χ4v) is 2.64. The number of fused-ring (bicyclic) bond motifs is 3. The summed E-state index contributed by atoms with van der Waals surface area (Å²) in [5.74, 6) is 1.47. The monoisotopic (exact) mass is 240 g/mol. The van der Waals surface area contributed by atoms with Crippen molar-refractivity contribution in [2.75, 3.05) is 0 Å². The SMILES string of the molecule is Cc1cc(=O)c2c(o1)-c1cc(C)c(C)cc1CC2. The van der Waals surface area contributed by atoms with Crippen molar-refractivity contribution in [2.45, 2.75) is 33.6 Å². The van der Waals surface area contributed by atoms with Crippen molar-refractivity contribution < 1.29 is 4.42 Å². The fourth-order valence-electron chi connectivity index (χ4n) is 2.64. The second-order valence-electron chi connectivity index (χ2n) is 5.12. The van der Waals surface area contributed by atoms with E-state index >= 15 is 0 Å². The molecule has 2 heteroatoms. The summed E-state index contributed by atoms with van der Waals surface area (Å²) in [5.41, 5.74) is 5.87. The smallest absolute Gasteiger partial charge is 0.188 e. The van der Waals surface area contributed by atoms with E-state index in [2.05, 4.69) is 26.0 Å². The summed E-state index contributed by atoms with van der Waals surface area (Å²) in [5, 5.41) is 0. The lowest BCUT2D eigenvalue weighted by Gasteiger charge is -2.19. The van der Waals surface area contributed by atoms with Gasteiger partial charge in [0.1, 0.15) is 11.5 Å². The molecule has 0 fully saturated rings. The van der Waals surface area contributed by atoms with Crippen LogP contribution in [-0.2, 0) is 12.8 Å². The normalized spacial score (nSPS) is 13.1. The third-order valence-electron chi connectivity index (χ3n) is 3.78. The van der Waals surface area contributed by atoms with Gasteiger partial charge in [-0.1, -0.05) is 6.07 Å². The third-order valence-corrected chi connectivity index (χ3v) is 3.78. The lowest BCUT2D eigenvalue weighted by molar-refractivity contribution is 0.518. The van der Waals surface area contributed by atoms with Crippen LogP contribution in [-0.4, -0.2) is 0 Å². The van der Waals surface area contributed by atoms with Gasteiger partial charge in [0, 0.05) is 17.2 Å². The molecule has 0 radical (unpaired) electrons. The summed E-state index contributed by atoms with van der Waals surface area (Å²) >= 11 is 0. The minimum atomic E-state index is 0.109. The Morgan fingerprint density at radius 1 is 1.00 bits per heavy atom. The van der Waals surface area contributed by atoms with Crippen LogP contribution in [0, 0.1) is 20.8 Å². The van der Waals surface area contributed by atoms with Gasteiger partial charge >= 0.3 is 0 Å². The predicted molar refractivity (Wildman–Crippen MR) is 72.0 cm³/mol. The Balaban J connectivity index is 2.34. The van der Waals surface area contributed by atoms with Gasteiger partial charge in [-0.2, -0.15) is 0 Å². The lowest BCUT2D eigenvalue weighted by atomic mass is 9.87. The van der Waals surface area contributed by atoms with E-state index in [1.807, 2.05) is 6.92 Å². The first kappa shape index (κ1) is 11.3. The van der Waals surface area contributed by atoms with Gasteiger partial charge in [-0.25, -0.2) is 0 Å². The largest absolute Gasteiger partial charge is 0.461 e. The first-order valence-electron chi connectivity index (χ1n) is 6.30. The highest BCUT2D eigenvalue weighted by Crippen LogP contribution is 2.34. The maximum atomic E-state index is 12.0. The van der Waals surface area contributed by atoms with Gasteiger partial charge < -0.3 is 4.42 Å². The Kier molecular flexibility index (Phi) is 2.40. The molecule has 0 saturated carbocycles. The van der Waals surface area contributed by atoms with Crippen LogP contribution in [0.2, 0.25) is 0 Å². The van der Waals surface area contributed by atoms with E-state index < -0.39 is 0 Å². The number of rotatable bonds is 0. The quantitative estimate of drug-likeness (QED) is 0.707. The molecule has 92 valence electrons. The molecule has 0 atom stereocenters. The van der Waals surface area contributed by atoms with Crippen LogP contribution in [0.5, 0.6) is 0 Å². The van der Waals surface area contributed by atoms with Crippen molar-refractivity contribution in [1.82, 2.24) is 0 Å². The molecule has 2 aromatic rings. The Morgan fingerprint density at radius 2 is 1.72 bits per heavy atom. The average molecular weight is 240 g/mol. The molecule has 3 rings (SSSR count). The molecule has 0 aliphatic heterocycles. The topological polar surface area (TPSA) is 30.2 Å². The van der Waals surface area contributed by atoms with E-state index in [0.717, 1.165) is 29.7 Å². The van der Waals surface area contributed by atoms with E-state index in [4.69, 9.17) is 4.42 Å². The zero-order valence-electron chi connectivity index (χ0n) is 11.0. The molecule has 18 heavy (non-hydrogen) atoms. The van der Waals surface area contributed by atoms with Gasteiger partial charge in [0.15, 0.2) is 5.43 Å². The molecule has 0 bridgehead atoms. The molecule has 2 nitrogen and oxygen atoms in total. The first-order valence-corrected chi connectivity index (χ1v) is 6.30. The van der Waals surface area contributed by atoms with Crippen molar-refractivity contribution in [3.63, 3.8) is 0 Å². The van der Waals surface area contributed by atoms with E-state index in [1.165, 1.54) is 16.7 Å². The number of hydrogen-bond donors (Lipinski definition) is 0. The number of hydrogen-bond acceptors (Lipinski definition) is 2. The van der Waals surface area contributed by atoms with Crippen molar-refractivity contribution >= 4 is 0 Å². The molecular formula is C16H16O2. The standard InChI is InChI=1S/C16H16O2/c1-9-6-12-4-5-13-15(17)8-11(3)18-16(13)14(12)7-10(9)2/h6-8H,4-5H2,1-3H3. The molecule has 1 aromatic heterocycles. The van der Waals surface area contributed by atoms with Crippen LogP contribution in [0.15, 0.2) is 27.4 Å². The number of benzene rings is 1. The minimum Gasteiger partial charge on any atom is -0.461 e. The highest BCUT2D eigenvalue weighted by atomic mass is 16.3. The Bertz CT molecular complexity index is 693. The summed E-state index contributed by atoms with van der Waals surface area (Å²) in [6.07, 6.45) is 1.71. The van der Waals surface area contributed by atoms with Gasteiger partial charge in [0.2, 0.25) is 0 Å². The van der Waals surface area contributed by atoms with Crippen molar-refractivity contribution in [2.24, 2.45) is 0 Å². The molecular weight excluding hydrogens is 224 g/mol. The Hall–Kier alpha value is -1.83. The molecule has 0 saturated heterocycles. The molecule has 1 aliphatic rings. The van der Waals surface area contributed by atoms with Gasteiger partial charge in [-0.15, -0.1) is 0 Å². The van der Waals surface area contributed by atoms with Gasteiger partial charge in [-0.05, 0) is 56.4 Å². The zero-order valence-corrected chi connectivity index (χ0v) is 11.0. The molecule has 0 amide bonds. The van der Waals surface area contributed by atoms with Crippen LogP contribution in [0.1, 0.15) is 28.0 Å². The number of aryl methyl sites for hydroxylation is 4. The summed E-state index contributed by atoms with van der Waals surface area (Å²) in [6.45, 7) is 6.05. The molecule has 0 N–H and O–H groups in total.